The van der Waals surface area contributed by atoms with Crippen molar-refractivity contribution in [1.29, 1.82) is 0 Å². The van der Waals surface area contributed by atoms with E-state index in [1.807, 2.05) is 19.2 Å². The first-order chi connectivity index (χ1) is 18.9. The molecule has 40 heavy (non-hydrogen) atoms. The van der Waals surface area contributed by atoms with Crippen LogP contribution in [0.1, 0.15) is 42.0 Å². The lowest BCUT2D eigenvalue weighted by molar-refractivity contribution is -0.187. The Morgan fingerprint density at radius 1 is 1.12 bits per heavy atom. The summed E-state index contributed by atoms with van der Waals surface area (Å²) >= 11 is 0. The molecule has 5 rings (SSSR count). The molecule has 2 unspecified atom stereocenters. The molecule has 4 amide bonds. The molecular weight excluding hydrogens is 528 g/mol. The lowest BCUT2D eigenvalue weighted by Gasteiger charge is -2.32. The van der Waals surface area contributed by atoms with Crippen LogP contribution in [0.15, 0.2) is 48.5 Å². The highest BCUT2D eigenvalue weighted by Crippen LogP contribution is 2.44. The number of carbonyl (C=O) groups is 3. The summed E-state index contributed by atoms with van der Waals surface area (Å²) in [6, 6.07) is 7.36. The molecule has 2 atom stereocenters. The quantitative estimate of drug-likeness (QED) is 0.426. The van der Waals surface area contributed by atoms with E-state index in [4.69, 9.17) is 0 Å². The molecule has 1 N–H and O–H groups in total. The number of rotatable bonds is 6. The zero-order valence-electron chi connectivity index (χ0n) is 22.2. The number of hydrogen-bond acceptors (Lipinski definition) is 4. The Bertz CT molecular complexity index is 1370. The van der Waals surface area contributed by atoms with E-state index in [0.29, 0.717) is 28.2 Å². The SMILES string of the molecule is CC(N(Cc1ccc(F)cc1)C(=O)CN1C(=O)NC2(CCc3c(C4=CCN(C)CC4)cccc32)C1=O)C(F)(F)F. The van der Waals surface area contributed by atoms with Gasteiger partial charge in [-0.05, 0) is 73.2 Å². The molecule has 0 aromatic heterocycles. The minimum absolute atomic E-state index is 0.278. The normalized spacial score (nSPS) is 21.9. The second-order valence-corrected chi connectivity index (χ2v) is 10.7. The van der Waals surface area contributed by atoms with Gasteiger partial charge in [-0.3, -0.25) is 14.5 Å². The Labute approximate surface area is 229 Å². The summed E-state index contributed by atoms with van der Waals surface area (Å²) in [5.74, 6) is -2.26. The number of alkyl halides is 3. The Kier molecular flexibility index (Phi) is 7.20. The van der Waals surface area contributed by atoms with Crippen LogP contribution in [0.25, 0.3) is 5.57 Å². The summed E-state index contributed by atoms with van der Waals surface area (Å²) in [6.07, 6.45) is -0.921. The van der Waals surface area contributed by atoms with Gasteiger partial charge in [-0.15, -0.1) is 0 Å². The summed E-state index contributed by atoms with van der Waals surface area (Å²) in [5, 5.41) is 2.76. The van der Waals surface area contributed by atoms with Crippen LogP contribution >= 0.6 is 0 Å². The number of nitrogens with one attached hydrogen (secondary N) is 1. The van der Waals surface area contributed by atoms with Crippen molar-refractivity contribution in [2.45, 2.75) is 50.5 Å². The van der Waals surface area contributed by atoms with E-state index in [1.165, 1.54) is 17.7 Å². The number of nitrogens with zero attached hydrogens (tertiary/aromatic N) is 3. The average Bonchev–Trinajstić information content (AvgIpc) is 3.40. The lowest BCUT2D eigenvalue weighted by Crippen LogP contribution is -2.51. The van der Waals surface area contributed by atoms with Gasteiger partial charge in [0.15, 0.2) is 0 Å². The zero-order chi connectivity index (χ0) is 28.8. The number of hydrogen-bond donors (Lipinski definition) is 1. The summed E-state index contributed by atoms with van der Waals surface area (Å²) in [5.41, 5.74) is 2.73. The lowest BCUT2D eigenvalue weighted by atomic mass is 9.88. The highest BCUT2D eigenvalue weighted by atomic mass is 19.4. The first kappa shape index (κ1) is 27.8. The van der Waals surface area contributed by atoms with Gasteiger partial charge in [-0.2, -0.15) is 13.2 Å². The van der Waals surface area contributed by atoms with Crippen LogP contribution in [-0.2, 0) is 28.1 Å². The maximum absolute atomic E-state index is 13.7. The van der Waals surface area contributed by atoms with Crippen LogP contribution in [0.4, 0.5) is 22.4 Å². The first-order valence-corrected chi connectivity index (χ1v) is 13.2. The number of fused-ring (bicyclic) bond motifs is 2. The second-order valence-electron chi connectivity index (χ2n) is 10.7. The summed E-state index contributed by atoms with van der Waals surface area (Å²) < 4.78 is 54.4. The fourth-order valence-electron chi connectivity index (χ4n) is 5.77. The predicted molar refractivity (Wildman–Crippen MR) is 139 cm³/mol. The maximum atomic E-state index is 13.7. The molecule has 1 saturated heterocycles. The Hall–Kier alpha value is -3.73. The molecule has 1 fully saturated rings. The standard InChI is InChI=1S/C29H30F4N4O3/c1-18(29(31,32)33)36(16-19-6-8-21(30)9-7-19)25(38)17-37-26(39)28(34-27(37)40)13-10-23-22(4-3-5-24(23)28)20-11-14-35(2)15-12-20/h3-9,11,18H,10,12-17H2,1-2H3,(H,34,40). The summed E-state index contributed by atoms with van der Waals surface area (Å²) in [7, 11) is 2.04. The molecule has 2 heterocycles. The molecule has 3 aliphatic rings. The number of amides is 4. The van der Waals surface area contributed by atoms with E-state index in [-0.39, 0.29) is 5.56 Å². The molecule has 2 aliphatic heterocycles. The van der Waals surface area contributed by atoms with Crippen molar-refractivity contribution in [2.75, 3.05) is 26.7 Å². The summed E-state index contributed by atoms with van der Waals surface area (Å²) in [4.78, 5) is 43.5. The van der Waals surface area contributed by atoms with Gasteiger partial charge in [0.1, 0.15) is 23.9 Å². The number of urea groups is 1. The van der Waals surface area contributed by atoms with Crippen LogP contribution < -0.4 is 5.32 Å². The Morgan fingerprint density at radius 3 is 2.50 bits per heavy atom. The third kappa shape index (κ3) is 4.98. The minimum Gasteiger partial charge on any atom is -0.325 e. The van der Waals surface area contributed by atoms with Gasteiger partial charge in [-0.1, -0.05) is 36.4 Å². The molecule has 0 bridgehead atoms. The molecule has 7 nitrogen and oxygen atoms in total. The van der Waals surface area contributed by atoms with Crippen molar-refractivity contribution in [3.63, 3.8) is 0 Å². The Balaban J connectivity index is 1.40. The molecule has 0 radical (unpaired) electrons. The summed E-state index contributed by atoms with van der Waals surface area (Å²) in [6.45, 7) is 1.23. The first-order valence-electron chi connectivity index (χ1n) is 13.2. The smallest absolute Gasteiger partial charge is 0.325 e. The zero-order valence-corrected chi connectivity index (χ0v) is 22.2. The molecule has 2 aromatic rings. The number of likely N-dealkylation sites (N-methyl/N-ethyl adjacent to an activating group) is 1. The highest BCUT2D eigenvalue weighted by molar-refractivity contribution is 6.10. The van der Waals surface area contributed by atoms with Crippen LogP contribution in [0, 0.1) is 5.82 Å². The fraction of sp³-hybridized carbons (Fsp3) is 0.414. The molecular formula is C29H30F4N4O3. The molecule has 212 valence electrons. The largest absolute Gasteiger partial charge is 0.408 e. The number of halogens is 4. The van der Waals surface area contributed by atoms with Crippen LogP contribution in [0.5, 0.6) is 0 Å². The molecule has 0 saturated carbocycles. The monoisotopic (exact) mass is 558 g/mol. The molecule has 1 aliphatic carbocycles. The number of carbonyl (C=O) groups excluding carboxylic acids is 3. The van der Waals surface area contributed by atoms with Crippen molar-refractivity contribution >= 4 is 23.4 Å². The molecule has 2 aromatic carbocycles. The minimum atomic E-state index is -4.75. The second kappa shape index (κ2) is 10.3. The molecule has 11 heteroatoms. The maximum Gasteiger partial charge on any atom is 0.408 e. The van der Waals surface area contributed by atoms with Gasteiger partial charge in [0.2, 0.25) is 5.91 Å². The number of imide groups is 1. The van der Waals surface area contributed by atoms with Crippen LogP contribution in [0.3, 0.4) is 0 Å². The van der Waals surface area contributed by atoms with Crippen LogP contribution in [-0.4, -0.2) is 71.4 Å². The van der Waals surface area contributed by atoms with Gasteiger partial charge in [0.05, 0.1) is 0 Å². The van der Waals surface area contributed by atoms with Crippen molar-refractivity contribution in [3.05, 3.63) is 76.6 Å². The van der Waals surface area contributed by atoms with Crippen molar-refractivity contribution < 1.29 is 31.9 Å². The van der Waals surface area contributed by atoms with Gasteiger partial charge in [0.25, 0.3) is 5.91 Å². The van der Waals surface area contributed by atoms with Crippen LogP contribution in [0.2, 0.25) is 0 Å². The van der Waals surface area contributed by atoms with Gasteiger partial charge in [-0.25, -0.2) is 9.18 Å². The van der Waals surface area contributed by atoms with Gasteiger partial charge in [0, 0.05) is 19.6 Å². The van der Waals surface area contributed by atoms with E-state index in [2.05, 4.69) is 16.3 Å². The average molecular weight is 559 g/mol. The van der Waals surface area contributed by atoms with E-state index < -0.39 is 54.5 Å². The third-order valence-corrected chi connectivity index (χ3v) is 8.14. The number of benzene rings is 2. The van der Waals surface area contributed by atoms with Crippen molar-refractivity contribution in [1.82, 2.24) is 20.0 Å². The van der Waals surface area contributed by atoms with Gasteiger partial charge >= 0.3 is 12.2 Å². The van der Waals surface area contributed by atoms with E-state index in [9.17, 15) is 31.9 Å². The van der Waals surface area contributed by atoms with E-state index in [1.54, 1.807) is 6.07 Å². The highest BCUT2D eigenvalue weighted by Gasteiger charge is 2.56. The molecule has 1 spiro atoms. The van der Waals surface area contributed by atoms with Gasteiger partial charge < -0.3 is 15.1 Å². The fourth-order valence-corrected chi connectivity index (χ4v) is 5.77. The van der Waals surface area contributed by atoms with E-state index in [0.717, 1.165) is 49.7 Å². The Morgan fingerprint density at radius 2 is 1.85 bits per heavy atom. The topological polar surface area (TPSA) is 73.0 Å². The third-order valence-electron chi connectivity index (χ3n) is 8.14. The van der Waals surface area contributed by atoms with Crippen molar-refractivity contribution in [3.8, 4) is 0 Å². The van der Waals surface area contributed by atoms with E-state index >= 15 is 0 Å². The van der Waals surface area contributed by atoms with Crippen molar-refractivity contribution in [2.24, 2.45) is 0 Å². The predicted octanol–water partition coefficient (Wildman–Crippen LogP) is 4.22.